The molecule has 0 aliphatic heterocycles. The number of hydrogen-bond acceptors (Lipinski definition) is 2. The van der Waals surface area contributed by atoms with Crippen LogP contribution in [0.15, 0.2) is 9.85 Å². The minimum atomic E-state index is -0.790. The lowest BCUT2D eigenvalue weighted by atomic mass is 9.85. The Morgan fingerprint density at radius 1 is 1.44 bits per heavy atom. The van der Waals surface area contributed by atoms with Gasteiger partial charge in [-0.25, -0.2) is 4.79 Å². The molecule has 0 amide bonds. The first-order valence-corrected chi connectivity index (χ1v) is 7.29. The Bertz CT molecular complexity index is 380. The highest BCUT2D eigenvalue weighted by Crippen LogP contribution is 2.33. The molecule has 1 N–H and O–H groups in total. The molecule has 0 spiro atoms. The second kappa shape index (κ2) is 5.32. The standard InChI is InChI=1S/C12H15BrO2S/c13-10-7-9(11(16-10)12(14)15)6-8-4-2-1-3-5-8/h7-8H,1-6H2,(H,14,15). The summed E-state index contributed by atoms with van der Waals surface area (Å²) < 4.78 is 0.927. The molecule has 4 heteroatoms. The summed E-state index contributed by atoms with van der Waals surface area (Å²) in [5, 5.41) is 9.10. The number of carbonyl (C=O) groups is 1. The van der Waals surface area contributed by atoms with Crippen LogP contribution in [-0.2, 0) is 6.42 Å². The number of rotatable bonds is 3. The van der Waals surface area contributed by atoms with Crippen molar-refractivity contribution in [2.75, 3.05) is 0 Å². The van der Waals surface area contributed by atoms with Gasteiger partial charge in [0.15, 0.2) is 0 Å². The number of carboxylic acid groups (broad SMARTS) is 1. The first-order chi connectivity index (χ1) is 7.66. The van der Waals surface area contributed by atoms with Gasteiger partial charge >= 0.3 is 5.97 Å². The van der Waals surface area contributed by atoms with Gasteiger partial charge in [-0.15, -0.1) is 11.3 Å². The zero-order valence-corrected chi connectivity index (χ0v) is 11.4. The molecule has 2 nitrogen and oxygen atoms in total. The van der Waals surface area contributed by atoms with Crippen LogP contribution < -0.4 is 0 Å². The molecule has 1 aromatic heterocycles. The number of thiophene rings is 1. The Morgan fingerprint density at radius 3 is 2.75 bits per heavy atom. The topological polar surface area (TPSA) is 37.3 Å². The minimum Gasteiger partial charge on any atom is -0.477 e. The predicted molar refractivity (Wildman–Crippen MR) is 69.3 cm³/mol. The van der Waals surface area contributed by atoms with Crippen LogP contribution >= 0.6 is 27.3 Å². The van der Waals surface area contributed by atoms with Crippen LogP contribution in [0.5, 0.6) is 0 Å². The Labute approximate surface area is 108 Å². The Kier molecular flexibility index (Phi) is 4.03. The van der Waals surface area contributed by atoms with E-state index in [0.29, 0.717) is 10.8 Å². The Morgan fingerprint density at radius 2 is 2.12 bits per heavy atom. The SMILES string of the molecule is O=C(O)c1sc(Br)cc1CC1CCCCC1. The first-order valence-electron chi connectivity index (χ1n) is 5.68. The van der Waals surface area contributed by atoms with E-state index in [9.17, 15) is 4.79 Å². The molecule has 1 heterocycles. The van der Waals surface area contributed by atoms with E-state index < -0.39 is 5.97 Å². The monoisotopic (exact) mass is 302 g/mol. The highest BCUT2D eigenvalue weighted by atomic mass is 79.9. The molecule has 2 rings (SSSR count). The first kappa shape index (κ1) is 12.1. The molecular weight excluding hydrogens is 288 g/mol. The summed E-state index contributed by atoms with van der Waals surface area (Å²) in [6, 6.07) is 1.97. The molecule has 0 radical (unpaired) electrons. The van der Waals surface area contributed by atoms with E-state index >= 15 is 0 Å². The predicted octanol–water partition coefficient (Wildman–Crippen LogP) is 4.33. The van der Waals surface area contributed by atoms with E-state index in [-0.39, 0.29) is 0 Å². The maximum Gasteiger partial charge on any atom is 0.346 e. The Balaban J connectivity index is 2.10. The molecule has 88 valence electrons. The zero-order chi connectivity index (χ0) is 11.5. The summed E-state index contributed by atoms with van der Waals surface area (Å²) >= 11 is 4.70. The largest absolute Gasteiger partial charge is 0.477 e. The second-order valence-electron chi connectivity index (χ2n) is 4.42. The van der Waals surface area contributed by atoms with Crippen molar-refractivity contribution < 1.29 is 9.90 Å². The highest BCUT2D eigenvalue weighted by molar-refractivity contribution is 9.11. The molecule has 1 saturated carbocycles. The molecule has 0 unspecified atom stereocenters. The van der Waals surface area contributed by atoms with E-state index in [1.54, 1.807) is 0 Å². The van der Waals surface area contributed by atoms with Crippen LogP contribution in [0.2, 0.25) is 0 Å². The van der Waals surface area contributed by atoms with Crippen molar-refractivity contribution in [3.8, 4) is 0 Å². The molecule has 1 aliphatic carbocycles. The van der Waals surface area contributed by atoms with Gasteiger partial charge in [0.1, 0.15) is 4.88 Å². The summed E-state index contributed by atoms with van der Waals surface area (Å²) in [5.74, 6) is -0.102. The van der Waals surface area contributed by atoms with Gasteiger partial charge in [-0.1, -0.05) is 32.1 Å². The fourth-order valence-electron chi connectivity index (χ4n) is 2.43. The maximum atomic E-state index is 11.1. The fraction of sp³-hybridized carbons (Fsp3) is 0.583. The summed E-state index contributed by atoms with van der Waals surface area (Å²) in [6.45, 7) is 0. The summed E-state index contributed by atoms with van der Waals surface area (Å²) in [7, 11) is 0. The van der Waals surface area contributed by atoms with Crippen LogP contribution in [0.25, 0.3) is 0 Å². The smallest absolute Gasteiger partial charge is 0.346 e. The number of halogens is 1. The van der Waals surface area contributed by atoms with Crippen LogP contribution in [0.3, 0.4) is 0 Å². The van der Waals surface area contributed by atoms with Crippen molar-refractivity contribution in [1.29, 1.82) is 0 Å². The van der Waals surface area contributed by atoms with Crippen LogP contribution in [0.1, 0.15) is 47.3 Å². The minimum absolute atomic E-state index is 0.512. The Hall–Kier alpha value is -0.350. The average Bonchev–Trinajstić information content (AvgIpc) is 2.61. The molecule has 1 aromatic rings. The molecule has 0 bridgehead atoms. The normalized spacial score (nSPS) is 17.6. The molecule has 1 fully saturated rings. The van der Waals surface area contributed by atoms with Crippen molar-refractivity contribution in [2.24, 2.45) is 5.92 Å². The van der Waals surface area contributed by atoms with E-state index in [0.717, 1.165) is 15.8 Å². The summed E-state index contributed by atoms with van der Waals surface area (Å²) in [5.41, 5.74) is 1.01. The molecule has 0 atom stereocenters. The van der Waals surface area contributed by atoms with Crippen LogP contribution in [0.4, 0.5) is 0 Å². The average molecular weight is 303 g/mol. The molecule has 0 saturated heterocycles. The fourth-order valence-corrected chi connectivity index (χ4v) is 3.95. The van der Waals surface area contributed by atoms with Crippen molar-refractivity contribution in [3.63, 3.8) is 0 Å². The van der Waals surface area contributed by atoms with Gasteiger partial charge in [0, 0.05) is 0 Å². The lowest BCUT2D eigenvalue weighted by Crippen LogP contribution is -2.10. The van der Waals surface area contributed by atoms with E-state index in [1.165, 1.54) is 43.4 Å². The van der Waals surface area contributed by atoms with Crippen molar-refractivity contribution >= 4 is 33.2 Å². The lowest BCUT2D eigenvalue weighted by Gasteiger charge is -2.21. The van der Waals surface area contributed by atoms with E-state index in [1.807, 2.05) is 6.07 Å². The van der Waals surface area contributed by atoms with E-state index in [4.69, 9.17) is 5.11 Å². The quantitative estimate of drug-likeness (QED) is 0.902. The summed E-state index contributed by atoms with van der Waals surface area (Å²) in [6.07, 6.45) is 7.40. The van der Waals surface area contributed by atoms with Crippen molar-refractivity contribution in [2.45, 2.75) is 38.5 Å². The van der Waals surface area contributed by atoms with Crippen molar-refractivity contribution in [3.05, 3.63) is 20.3 Å². The van der Waals surface area contributed by atoms with Gasteiger partial charge in [-0.2, -0.15) is 0 Å². The number of carboxylic acids is 1. The third-order valence-corrected chi connectivity index (χ3v) is 4.87. The van der Waals surface area contributed by atoms with Gasteiger partial charge in [-0.3, -0.25) is 0 Å². The van der Waals surface area contributed by atoms with Gasteiger partial charge in [0.05, 0.1) is 3.79 Å². The van der Waals surface area contributed by atoms with Gasteiger partial charge in [-0.05, 0) is 39.9 Å². The second-order valence-corrected chi connectivity index (χ2v) is 6.85. The number of aromatic carboxylic acids is 1. The van der Waals surface area contributed by atoms with Crippen LogP contribution in [0, 0.1) is 5.92 Å². The zero-order valence-electron chi connectivity index (χ0n) is 9.04. The van der Waals surface area contributed by atoms with Gasteiger partial charge in [0.2, 0.25) is 0 Å². The van der Waals surface area contributed by atoms with Crippen LogP contribution in [-0.4, -0.2) is 11.1 Å². The third-order valence-electron chi connectivity index (χ3n) is 3.21. The molecular formula is C12H15BrO2S. The maximum absolute atomic E-state index is 11.1. The number of hydrogen-bond donors (Lipinski definition) is 1. The summed E-state index contributed by atoms with van der Waals surface area (Å²) in [4.78, 5) is 11.6. The van der Waals surface area contributed by atoms with Crippen molar-refractivity contribution in [1.82, 2.24) is 0 Å². The molecule has 0 aromatic carbocycles. The highest BCUT2D eigenvalue weighted by Gasteiger charge is 2.20. The lowest BCUT2D eigenvalue weighted by molar-refractivity contribution is 0.0701. The third kappa shape index (κ3) is 2.86. The molecule has 16 heavy (non-hydrogen) atoms. The van der Waals surface area contributed by atoms with E-state index in [2.05, 4.69) is 15.9 Å². The van der Waals surface area contributed by atoms with Gasteiger partial charge in [0.25, 0.3) is 0 Å². The van der Waals surface area contributed by atoms with Gasteiger partial charge < -0.3 is 5.11 Å². The molecule has 1 aliphatic rings.